The molecule has 4 atom stereocenters. The van der Waals surface area contributed by atoms with E-state index >= 15 is 0 Å². The summed E-state index contributed by atoms with van der Waals surface area (Å²) in [5, 5.41) is 6.07. The highest BCUT2D eigenvalue weighted by molar-refractivity contribution is 9.10. The Kier molecular flexibility index (Phi) is 4.39. The number of likely N-dealkylation sites (tertiary alicyclic amines) is 1. The molecule has 9 heteroatoms. The van der Waals surface area contributed by atoms with Gasteiger partial charge in [-0.05, 0) is 24.6 Å². The number of imide groups is 1. The number of amides is 4. The van der Waals surface area contributed by atoms with Crippen LogP contribution in [-0.4, -0.2) is 41.1 Å². The summed E-state index contributed by atoms with van der Waals surface area (Å²) in [6, 6.07) is 4.80. The highest BCUT2D eigenvalue weighted by Crippen LogP contribution is 2.53. The first kappa shape index (κ1) is 18.8. The maximum atomic E-state index is 13.2. The summed E-state index contributed by atoms with van der Waals surface area (Å²) >= 11 is 3.41. The van der Waals surface area contributed by atoms with E-state index in [0.29, 0.717) is 11.3 Å². The van der Waals surface area contributed by atoms with Crippen LogP contribution in [0, 0.1) is 11.8 Å². The van der Waals surface area contributed by atoms with Crippen molar-refractivity contribution in [2.45, 2.75) is 24.4 Å². The van der Waals surface area contributed by atoms with Crippen LogP contribution in [0.4, 0.5) is 5.69 Å². The number of benzene rings is 1. The Morgan fingerprint density at radius 3 is 2.75 bits per heavy atom. The molecule has 0 unspecified atom stereocenters. The van der Waals surface area contributed by atoms with Crippen LogP contribution in [0.2, 0.25) is 0 Å². The SMILES string of the molecule is C=CCN1C(=O)[C@H]2[C@H](CCC(N)=O)N[C@@]3(C(=O)Nc4ccc(Br)cc43)[C@H]2C1=O. The Morgan fingerprint density at radius 2 is 2.07 bits per heavy atom. The third-order valence-electron chi connectivity index (χ3n) is 5.78. The van der Waals surface area contributed by atoms with Gasteiger partial charge in [0, 0.05) is 34.7 Å². The molecule has 1 spiro atoms. The average molecular weight is 447 g/mol. The maximum absolute atomic E-state index is 13.2. The molecule has 146 valence electrons. The van der Waals surface area contributed by atoms with Gasteiger partial charge in [-0.3, -0.25) is 29.4 Å². The highest BCUT2D eigenvalue weighted by atomic mass is 79.9. The van der Waals surface area contributed by atoms with Gasteiger partial charge in [-0.15, -0.1) is 6.58 Å². The van der Waals surface area contributed by atoms with Gasteiger partial charge >= 0.3 is 0 Å². The van der Waals surface area contributed by atoms with Gasteiger partial charge in [0.25, 0.3) is 0 Å². The fraction of sp³-hybridized carbons (Fsp3) is 0.368. The molecule has 3 aliphatic heterocycles. The molecule has 2 fully saturated rings. The molecule has 1 aromatic carbocycles. The minimum Gasteiger partial charge on any atom is -0.370 e. The number of rotatable bonds is 5. The molecule has 3 heterocycles. The van der Waals surface area contributed by atoms with E-state index in [1.165, 1.54) is 6.08 Å². The van der Waals surface area contributed by atoms with E-state index in [0.717, 1.165) is 9.37 Å². The number of halogens is 1. The Labute approximate surface area is 169 Å². The lowest BCUT2D eigenvalue weighted by Gasteiger charge is -2.29. The van der Waals surface area contributed by atoms with E-state index in [-0.39, 0.29) is 31.2 Å². The molecular formula is C19H19BrN4O4. The number of fused-ring (bicyclic) bond motifs is 4. The monoisotopic (exact) mass is 446 g/mol. The van der Waals surface area contributed by atoms with Crippen LogP contribution in [0.25, 0.3) is 0 Å². The molecule has 28 heavy (non-hydrogen) atoms. The summed E-state index contributed by atoms with van der Waals surface area (Å²) in [6.45, 7) is 3.69. The number of carbonyl (C=O) groups excluding carboxylic acids is 4. The van der Waals surface area contributed by atoms with Gasteiger partial charge in [0.1, 0.15) is 5.54 Å². The number of hydrogen-bond donors (Lipinski definition) is 3. The first-order valence-corrected chi connectivity index (χ1v) is 9.74. The minimum atomic E-state index is -1.37. The van der Waals surface area contributed by atoms with Crippen molar-refractivity contribution in [2.75, 3.05) is 11.9 Å². The molecule has 2 saturated heterocycles. The number of anilines is 1. The standard InChI is InChI=1S/C19H19BrN4O4/c1-2-7-24-16(26)14-12(5-6-13(21)25)23-19(15(14)17(24)27)10-8-9(20)3-4-11(10)22-18(19)28/h2-4,8,12,14-15,23H,1,5-7H2,(H2,21,25)(H,22,28)/t12-,14-,15+,19+/m0/s1. The van der Waals surface area contributed by atoms with Gasteiger partial charge in [-0.1, -0.05) is 22.0 Å². The number of nitrogens with one attached hydrogen (secondary N) is 2. The van der Waals surface area contributed by atoms with E-state index in [2.05, 4.69) is 33.1 Å². The van der Waals surface area contributed by atoms with Gasteiger partial charge in [0.15, 0.2) is 0 Å². The molecule has 1 aromatic rings. The van der Waals surface area contributed by atoms with Crippen molar-refractivity contribution in [1.82, 2.24) is 10.2 Å². The van der Waals surface area contributed by atoms with Crippen molar-refractivity contribution < 1.29 is 19.2 Å². The summed E-state index contributed by atoms with van der Waals surface area (Å²) in [6.07, 6.45) is 1.79. The number of nitrogens with two attached hydrogens (primary N) is 1. The second kappa shape index (κ2) is 6.52. The molecule has 4 N–H and O–H groups in total. The van der Waals surface area contributed by atoms with Crippen LogP contribution in [0.3, 0.4) is 0 Å². The molecule has 4 rings (SSSR count). The molecule has 4 amide bonds. The van der Waals surface area contributed by atoms with Gasteiger partial charge in [0.2, 0.25) is 23.6 Å². The Morgan fingerprint density at radius 1 is 1.32 bits per heavy atom. The third-order valence-corrected chi connectivity index (χ3v) is 6.27. The first-order chi connectivity index (χ1) is 13.3. The van der Waals surface area contributed by atoms with Gasteiger partial charge in [0.05, 0.1) is 11.8 Å². The fourth-order valence-electron chi connectivity index (χ4n) is 4.69. The summed E-state index contributed by atoms with van der Waals surface area (Å²) < 4.78 is 0.751. The lowest BCUT2D eigenvalue weighted by molar-refractivity contribution is -0.142. The summed E-state index contributed by atoms with van der Waals surface area (Å²) in [4.78, 5) is 51.8. The zero-order valence-corrected chi connectivity index (χ0v) is 16.5. The summed E-state index contributed by atoms with van der Waals surface area (Å²) in [7, 11) is 0. The van der Waals surface area contributed by atoms with Crippen LogP contribution < -0.4 is 16.4 Å². The second-order valence-electron chi connectivity index (χ2n) is 7.29. The van der Waals surface area contributed by atoms with Crippen molar-refractivity contribution in [1.29, 1.82) is 0 Å². The molecule has 3 aliphatic rings. The van der Waals surface area contributed by atoms with Crippen LogP contribution in [-0.2, 0) is 24.7 Å². The number of primary amides is 1. The van der Waals surface area contributed by atoms with Crippen LogP contribution in [0.1, 0.15) is 18.4 Å². The van der Waals surface area contributed by atoms with E-state index in [9.17, 15) is 19.2 Å². The zero-order chi connectivity index (χ0) is 20.2. The number of hydrogen-bond acceptors (Lipinski definition) is 5. The van der Waals surface area contributed by atoms with Crippen LogP contribution >= 0.6 is 15.9 Å². The van der Waals surface area contributed by atoms with Crippen LogP contribution in [0.15, 0.2) is 35.3 Å². The van der Waals surface area contributed by atoms with Crippen molar-refractivity contribution >= 4 is 45.2 Å². The predicted octanol–water partition coefficient (Wildman–Crippen LogP) is 0.621. The van der Waals surface area contributed by atoms with Crippen LogP contribution in [0.5, 0.6) is 0 Å². The molecule has 0 aromatic heterocycles. The Hall–Kier alpha value is -2.52. The highest BCUT2D eigenvalue weighted by Gasteiger charge is 2.70. The fourth-order valence-corrected chi connectivity index (χ4v) is 5.05. The molecule has 0 bridgehead atoms. The van der Waals surface area contributed by atoms with E-state index in [1.54, 1.807) is 18.2 Å². The predicted molar refractivity (Wildman–Crippen MR) is 104 cm³/mol. The van der Waals surface area contributed by atoms with E-state index < -0.39 is 35.2 Å². The normalized spacial score (nSPS) is 30.5. The van der Waals surface area contributed by atoms with Crippen molar-refractivity contribution in [2.24, 2.45) is 17.6 Å². The van der Waals surface area contributed by atoms with Gasteiger partial charge in [-0.2, -0.15) is 0 Å². The molecular weight excluding hydrogens is 428 g/mol. The maximum Gasteiger partial charge on any atom is 0.250 e. The van der Waals surface area contributed by atoms with Crippen molar-refractivity contribution in [3.63, 3.8) is 0 Å². The first-order valence-electron chi connectivity index (χ1n) is 8.95. The number of carbonyl (C=O) groups is 4. The second-order valence-corrected chi connectivity index (χ2v) is 8.20. The largest absolute Gasteiger partial charge is 0.370 e. The van der Waals surface area contributed by atoms with E-state index in [1.807, 2.05) is 0 Å². The Balaban J connectivity index is 1.85. The topological polar surface area (TPSA) is 122 Å². The zero-order valence-electron chi connectivity index (χ0n) is 14.9. The third kappa shape index (κ3) is 2.46. The van der Waals surface area contributed by atoms with Gasteiger partial charge in [-0.25, -0.2) is 0 Å². The average Bonchev–Trinajstić information content (AvgIpc) is 3.21. The summed E-state index contributed by atoms with van der Waals surface area (Å²) in [5.74, 6) is -3.29. The smallest absolute Gasteiger partial charge is 0.250 e. The van der Waals surface area contributed by atoms with Crippen molar-refractivity contribution in [3.05, 3.63) is 40.9 Å². The lowest BCUT2D eigenvalue weighted by Crippen LogP contribution is -2.53. The molecule has 0 radical (unpaired) electrons. The number of nitrogens with zero attached hydrogens (tertiary/aromatic N) is 1. The quantitative estimate of drug-likeness (QED) is 0.452. The van der Waals surface area contributed by atoms with Gasteiger partial charge < -0.3 is 11.1 Å². The lowest BCUT2D eigenvalue weighted by atomic mass is 9.76. The molecule has 8 nitrogen and oxygen atoms in total. The Bertz CT molecular complexity index is 933. The molecule has 0 aliphatic carbocycles. The minimum absolute atomic E-state index is 0.0485. The summed E-state index contributed by atoms with van der Waals surface area (Å²) in [5.41, 5.74) is 5.13. The molecule has 0 saturated carbocycles. The van der Waals surface area contributed by atoms with Crippen molar-refractivity contribution in [3.8, 4) is 0 Å². The van der Waals surface area contributed by atoms with E-state index in [4.69, 9.17) is 5.73 Å².